The van der Waals surface area contributed by atoms with E-state index in [4.69, 9.17) is 0 Å². The Bertz CT molecular complexity index is 478. The van der Waals surface area contributed by atoms with Gasteiger partial charge in [-0.25, -0.2) is 4.39 Å². The van der Waals surface area contributed by atoms with Gasteiger partial charge in [0.2, 0.25) is 0 Å². The van der Waals surface area contributed by atoms with Crippen LogP contribution in [0, 0.1) is 24.6 Å². The SMILES string of the molecule is Cc1ccc(F)cc1C(=O)NCC1CCCCC1CBr. The van der Waals surface area contributed by atoms with Gasteiger partial charge in [-0.15, -0.1) is 0 Å². The Labute approximate surface area is 128 Å². The largest absolute Gasteiger partial charge is 0.352 e. The standard InChI is InChI=1S/C16H21BrFNO/c1-11-6-7-14(18)8-15(11)16(20)19-10-13-5-3-2-4-12(13)9-17/h6-8,12-13H,2-5,9-10H2,1H3,(H,19,20). The molecule has 1 aliphatic rings. The number of hydrogen-bond acceptors (Lipinski definition) is 1. The average molecular weight is 342 g/mol. The van der Waals surface area contributed by atoms with Crippen molar-refractivity contribution < 1.29 is 9.18 Å². The van der Waals surface area contributed by atoms with Crippen LogP contribution in [0.5, 0.6) is 0 Å². The van der Waals surface area contributed by atoms with E-state index in [0.29, 0.717) is 23.9 Å². The van der Waals surface area contributed by atoms with Gasteiger partial charge in [-0.3, -0.25) is 4.79 Å². The van der Waals surface area contributed by atoms with Gasteiger partial charge >= 0.3 is 0 Å². The van der Waals surface area contributed by atoms with Crippen LogP contribution in [0.25, 0.3) is 0 Å². The first-order valence-corrected chi connectivity index (χ1v) is 8.34. The topological polar surface area (TPSA) is 29.1 Å². The van der Waals surface area contributed by atoms with Crippen LogP contribution in [0.4, 0.5) is 4.39 Å². The van der Waals surface area contributed by atoms with Crippen molar-refractivity contribution in [1.29, 1.82) is 0 Å². The molecule has 1 fully saturated rings. The number of aryl methyl sites for hydroxylation is 1. The summed E-state index contributed by atoms with van der Waals surface area (Å²) in [5.74, 6) is 0.635. The van der Waals surface area contributed by atoms with Crippen LogP contribution in [0.2, 0.25) is 0 Å². The minimum atomic E-state index is -0.364. The summed E-state index contributed by atoms with van der Waals surface area (Å²) in [5.41, 5.74) is 1.25. The predicted molar refractivity (Wildman–Crippen MR) is 82.7 cm³/mol. The van der Waals surface area contributed by atoms with E-state index >= 15 is 0 Å². The molecule has 0 bridgehead atoms. The zero-order valence-electron chi connectivity index (χ0n) is 11.8. The molecule has 1 amide bonds. The number of carbonyl (C=O) groups is 1. The van der Waals surface area contributed by atoms with Crippen molar-refractivity contribution in [3.05, 3.63) is 35.1 Å². The third-order valence-corrected chi connectivity index (χ3v) is 5.07. The summed E-state index contributed by atoms with van der Waals surface area (Å²) >= 11 is 3.56. The molecule has 1 aliphatic carbocycles. The maximum Gasteiger partial charge on any atom is 0.251 e. The summed E-state index contributed by atoms with van der Waals surface area (Å²) in [7, 11) is 0. The number of alkyl halides is 1. The molecular formula is C16H21BrFNO. The van der Waals surface area contributed by atoms with Crippen molar-refractivity contribution >= 4 is 21.8 Å². The lowest BCUT2D eigenvalue weighted by atomic mass is 9.80. The molecule has 20 heavy (non-hydrogen) atoms. The predicted octanol–water partition coefficient (Wildman–Crippen LogP) is 4.07. The fraction of sp³-hybridized carbons (Fsp3) is 0.562. The second-order valence-corrected chi connectivity index (χ2v) is 6.28. The molecule has 0 radical (unpaired) electrons. The van der Waals surface area contributed by atoms with Crippen molar-refractivity contribution in [2.45, 2.75) is 32.6 Å². The Kier molecular flexibility index (Phi) is 5.58. The summed E-state index contributed by atoms with van der Waals surface area (Å²) in [6.07, 6.45) is 4.91. The van der Waals surface area contributed by atoms with Crippen molar-refractivity contribution in [3.63, 3.8) is 0 Å². The van der Waals surface area contributed by atoms with Gasteiger partial charge < -0.3 is 5.32 Å². The van der Waals surface area contributed by atoms with E-state index in [-0.39, 0.29) is 11.7 Å². The molecular weight excluding hydrogens is 321 g/mol. The number of halogens is 2. The van der Waals surface area contributed by atoms with Gasteiger partial charge in [0.25, 0.3) is 5.91 Å². The van der Waals surface area contributed by atoms with Crippen molar-refractivity contribution in [2.75, 3.05) is 11.9 Å². The number of nitrogens with one attached hydrogen (secondary N) is 1. The van der Waals surface area contributed by atoms with Crippen LogP contribution in [-0.4, -0.2) is 17.8 Å². The van der Waals surface area contributed by atoms with Crippen LogP contribution >= 0.6 is 15.9 Å². The molecule has 1 aromatic rings. The van der Waals surface area contributed by atoms with Crippen LogP contribution in [0.3, 0.4) is 0 Å². The minimum Gasteiger partial charge on any atom is -0.352 e. The monoisotopic (exact) mass is 341 g/mol. The fourth-order valence-corrected chi connectivity index (χ4v) is 3.77. The summed E-state index contributed by atoms with van der Waals surface area (Å²) in [5, 5.41) is 3.97. The molecule has 2 atom stereocenters. The molecule has 0 spiro atoms. The number of hydrogen-bond donors (Lipinski definition) is 1. The first-order valence-electron chi connectivity index (χ1n) is 7.22. The molecule has 1 N–H and O–H groups in total. The van der Waals surface area contributed by atoms with Gasteiger partial charge in [0.15, 0.2) is 0 Å². The van der Waals surface area contributed by atoms with E-state index in [0.717, 1.165) is 10.9 Å². The highest BCUT2D eigenvalue weighted by atomic mass is 79.9. The molecule has 0 aliphatic heterocycles. The molecule has 0 heterocycles. The number of carbonyl (C=O) groups excluding carboxylic acids is 1. The summed E-state index contributed by atoms with van der Waals surface area (Å²) < 4.78 is 13.2. The first-order chi connectivity index (χ1) is 9.61. The fourth-order valence-electron chi connectivity index (χ4n) is 2.91. The second kappa shape index (κ2) is 7.21. The molecule has 2 nitrogen and oxygen atoms in total. The van der Waals surface area contributed by atoms with Gasteiger partial charge in [0.05, 0.1) is 0 Å². The normalized spacial score (nSPS) is 22.6. The number of benzene rings is 1. The van der Waals surface area contributed by atoms with E-state index < -0.39 is 0 Å². The van der Waals surface area contributed by atoms with Crippen LogP contribution in [-0.2, 0) is 0 Å². The van der Waals surface area contributed by atoms with E-state index in [9.17, 15) is 9.18 Å². The maximum absolute atomic E-state index is 13.2. The van der Waals surface area contributed by atoms with E-state index in [1.807, 2.05) is 6.92 Å². The van der Waals surface area contributed by atoms with Gasteiger partial charge in [0.1, 0.15) is 5.82 Å². The molecule has 2 rings (SSSR count). The second-order valence-electron chi connectivity index (χ2n) is 5.63. The molecule has 1 aromatic carbocycles. The summed E-state index contributed by atoms with van der Waals surface area (Å²) in [4.78, 5) is 12.2. The highest BCUT2D eigenvalue weighted by Crippen LogP contribution is 2.30. The van der Waals surface area contributed by atoms with Gasteiger partial charge in [-0.1, -0.05) is 34.8 Å². The number of rotatable bonds is 4. The van der Waals surface area contributed by atoms with E-state index in [1.54, 1.807) is 6.07 Å². The smallest absolute Gasteiger partial charge is 0.251 e. The quantitative estimate of drug-likeness (QED) is 0.822. The molecule has 2 unspecified atom stereocenters. The molecule has 4 heteroatoms. The van der Waals surface area contributed by atoms with Gasteiger partial charge in [-0.05, 0) is 49.3 Å². The summed E-state index contributed by atoms with van der Waals surface area (Å²) in [6, 6.07) is 4.34. The Morgan fingerprint density at radius 1 is 1.35 bits per heavy atom. The molecule has 0 aromatic heterocycles. The van der Waals surface area contributed by atoms with Gasteiger partial charge in [-0.2, -0.15) is 0 Å². The highest BCUT2D eigenvalue weighted by molar-refractivity contribution is 9.09. The van der Waals surface area contributed by atoms with Crippen molar-refractivity contribution in [3.8, 4) is 0 Å². The van der Waals surface area contributed by atoms with Crippen LogP contribution < -0.4 is 5.32 Å². The average Bonchev–Trinajstić information content (AvgIpc) is 2.47. The molecule has 1 saturated carbocycles. The van der Waals surface area contributed by atoms with Gasteiger partial charge in [0, 0.05) is 17.4 Å². The maximum atomic E-state index is 13.2. The van der Waals surface area contributed by atoms with E-state index in [1.165, 1.54) is 37.8 Å². The van der Waals surface area contributed by atoms with Crippen LogP contribution in [0.15, 0.2) is 18.2 Å². The van der Waals surface area contributed by atoms with E-state index in [2.05, 4.69) is 21.2 Å². The van der Waals surface area contributed by atoms with Crippen molar-refractivity contribution in [1.82, 2.24) is 5.32 Å². The molecule has 0 saturated heterocycles. The minimum absolute atomic E-state index is 0.166. The third kappa shape index (κ3) is 3.81. The molecule has 110 valence electrons. The lowest BCUT2D eigenvalue weighted by molar-refractivity contribution is 0.0936. The Hall–Kier alpha value is -0.900. The summed E-state index contributed by atoms with van der Waals surface area (Å²) in [6.45, 7) is 2.52. The highest BCUT2D eigenvalue weighted by Gasteiger charge is 2.24. The number of amides is 1. The zero-order valence-corrected chi connectivity index (χ0v) is 13.4. The lowest BCUT2D eigenvalue weighted by Crippen LogP contribution is -2.35. The lowest BCUT2D eigenvalue weighted by Gasteiger charge is -2.30. The Morgan fingerprint density at radius 2 is 2.05 bits per heavy atom. The zero-order chi connectivity index (χ0) is 14.5. The Morgan fingerprint density at radius 3 is 2.75 bits per heavy atom. The third-order valence-electron chi connectivity index (χ3n) is 4.23. The van der Waals surface area contributed by atoms with Crippen molar-refractivity contribution in [2.24, 2.45) is 11.8 Å². The first kappa shape index (κ1) is 15.5. The Balaban J connectivity index is 1.96. The van der Waals surface area contributed by atoms with Crippen LogP contribution in [0.1, 0.15) is 41.6 Å².